The average molecular weight is 373 g/mol. The molecule has 1 aliphatic heterocycles. The number of hydrogen-bond acceptors (Lipinski definition) is 6. The molecule has 1 amide bonds. The lowest BCUT2D eigenvalue weighted by molar-refractivity contribution is -0.139. The van der Waals surface area contributed by atoms with Crippen molar-refractivity contribution in [2.75, 3.05) is 20.7 Å². The Morgan fingerprint density at radius 1 is 1.19 bits per heavy atom. The van der Waals surface area contributed by atoms with E-state index in [1.54, 1.807) is 32.6 Å². The van der Waals surface area contributed by atoms with Gasteiger partial charge < -0.3 is 9.47 Å². The molecular formula is C20H27N3O4. The molecule has 1 unspecified atom stereocenters. The first-order valence-electron chi connectivity index (χ1n) is 8.84. The number of rotatable bonds is 4. The van der Waals surface area contributed by atoms with Crippen LogP contribution in [0.4, 0.5) is 4.79 Å². The molecule has 7 nitrogen and oxygen atoms in total. The molecule has 2 rings (SSSR count). The molecule has 0 saturated heterocycles. The molecule has 0 spiro atoms. The van der Waals surface area contributed by atoms with E-state index in [0.717, 1.165) is 5.56 Å². The average Bonchev–Trinajstić information content (AvgIpc) is 2.60. The monoisotopic (exact) mass is 373 g/mol. The Morgan fingerprint density at radius 3 is 2.33 bits per heavy atom. The lowest BCUT2D eigenvalue weighted by atomic mass is 10.1. The van der Waals surface area contributed by atoms with E-state index in [9.17, 15) is 9.59 Å². The highest BCUT2D eigenvalue weighted by Gasteiger charge is 2.35. The fraction of sp³-hybridized carbons (Fsp3) is 0.450. The maximum atomic E-state index is 12.8. The predicted molar refractivity (Wildman–Crippen MR) is 103 cm³/mol. The van der Waals surface area contributed by atoms with E-state index < -0.39 is 23.8 Å². The molecule has 0 bridgehead atoms. The van der Waals surface area contributed by atoms with Crippen molar-refractivity contribution >= 4 is 17.9 Å². The van der Waals surface area contributed by atoms with Crippen molar-refractivity contribution in [3.63, 3.8) is 0 Å². The molecule has 0 aliphatic carbocycles. The fourth-order valence-electron chi connectivity index (χ4n) is 2.53. The topological polar surface area (TPSA) is 71.4 Å². The van der Waals surface area contributed by atoms with Gasteiger partial charge in [0.2, 0.25) is 0 Å². The summed E-state index contributed by atoms with van der Waals surface area (Å²) >= 11 is 0. The molecule has 1 aliphatic rings. The van der Waals surface area contributed by atoms with Crippen molar-refractivity contribution in [2.24, 2.45) is 4.99 Å². The van der Waals surface area contributed by atoms with Crippen molar-refractivity contribution in [3.8, 4) is 0 Å². The molecule has 0 aromatic heterocycles. The first-order chi connectivity index (χ1) is 12.6. The lowest BCUT2D eigenvalue weighted by Gasteiger charge is -2.33. The Hall–Kier alpha value is -2.67. The molecule has 1 atom stereocenters. The second-order valence-electron chi connectivity index (χ2n) is 7.31. The van der Waals surface area contributed by atoms with E-state index in [1.165, 1.54) is 11.1 Å². The molecule has 0 saturated carbocycles. The van der Waals surface area contributed by atoms with Crippen LogP contribution in [0, 0.1) is 0 Å². The molecule has 1 aromatic rings. The maximum absolute atomic E-state index is 12.8. The number of aliphatic imine (C=N–C) groups is 1. The number of esters is 1. The van der Waals surface area contributed by atoms with Gasteiger partial charge in [-0.15, -0.1) is 0 Å². The largest absolute Gasteiger partial charge is 0.462 e. The zero-order valence-corrected chi connectivity index (χ0v) is 16.7. The third-order valence-electron chi connectivity index (χ3n) is 3.64. The van der Waals surface area contributed by atoms with Gasteiger partial charge in [-0.05, 0) is 41.8 Å². The highest BCUT2D eigenvalue weighted by Crippen LogP contribution is 2.24. The van der Waals surface area contributed by atoms with Crippen molar-refractivity contribution in [1.82, 2.24) is 9.80 Å². The van der Waals surface area contributed by atoms with E-state index >= 15 is 0 Å². The lowest BCUT2D eigenvalue weighted by Crippen LogP contribution is -2.45. The van der Waals surface area contributed by atoms with Gasteiger partial charge in [0.1, 0.15) is 17.6 Å². The standard InChI is InChI=1S/C20H27N3O4/c1-7-26-18(24)15-13-23(19(25)27-20(2,3)4)16(21-17(15)22(5)6)14-11-9-8-10-12-14/h8-13,17H,7H2,1-6H3. The van der Waals surface area contributed by atoms with Crippen LogP contribution in [0.1, 0.15) is 33.3 Å². The van der Waals surface area contributed by atoms with E-state index in [1.807, 2.05) is 44.4 Å². The molecule has 7 heteroatoms. The van der Waals surface area contributed by atoms with Gasteiger partial charge in [0.05, 0.1) is 12.2 Å². The van der Waals surface area contributed by atoms with Crippen molar-refractivity contribution in [3.05, 3.63) is 47.7 Å². The van der Waals surface area contributed by atoms with Crippen LogP contribution in [0.3, 0.4) is 0 Å². The Labute approximate surface area is 160 Å². The summed E-state index contributed by atoms with van der Waals surface area (Å²) in [6.07, 6.45) is 0.286. The van der Waals surface area contributed by atoms with Crippen molar-refractivity contribution < 1.29 is 19.1 Å². The first-order valence-corrected chi connectivity index (χ1v) is 8.84. The van der Waals surface area contributed by atoms with Crippen LogP contribution in [0.15, 0.2) is 47.1 Å². The zero-order chi connectivity index (χ0) is 20.2. The number of benzene rings is 1. The molecule has 0 fully saturated rings. The number of amides is 1. The molecule has 1 aromatic carbocycles. The van der Waals surface area contributed by atoms with Crippen molar-refractivity contribution in [1.29, 1.82) is 0 Å². The summed E-state index contributed by atoms with van der Waals surface area (Å²) in [6.45, 7) is 7.32. The summed E-state index contributed by atoms with van der Waals surface area (Å²) in [5, 5.41) is 0. The third-order valence-corrected chi connectivity index (χ3v) is 3.64. The summed E-state index contributed by atoms with van der Waals surface area (Å²) in [4.78, 5) is 33.0. The molecule has 27 heavy (non-hydrogen) atoms. The Morgan fingerprint density at radius 2 is 1.81 bits per heavy atom. The van der Waals surface area contributed by atoms with E-state index in [4.69, 9.17) is 9.47 Å². The predicted octanol–water partition coefficient (Wildman–Crippen LogP) is 3.02. The summed E-state index contributed by atoms with van der Waals surface area (Å²) in [6, 6.07) is 9.31. The maximum Gasteiger partial charge on any atom is 0.420 e. The van der Waals surface area contributed by atoms with Crippen LogP contribution < -0.4 is 0 Å². The van der Waals surface area contributed by atoms with Gasteiger partial charge in [0, 0.05) is 11.8 Å². The number of amidine groups is 1. The SMILES string of the molecule is CCOC(=O)C1=CN(C(=O)OC(C)(C)C)C(c2ccccc2)=NC1N(C)C. The van der Waals surface area contributed by atoms with Crippen LogP contribution in [0.2, 0.25) is 0 Å². The molecular weight excluding hydrogens is 346 g/mol. The van der Waals surface area contributed by atoms with Crippen LogP contribution in [-0.2, 0) is 14.3 Å². The fourth-order valence-corrected chi connectivity index (χ4v) is 2.53. The summed E-state index contributed by atoms with van der Waals surface area (Å²) in [5.74, 6) is -0.0998. The molecule has 0 radical (unpaired) electrons. The second kappa shape index (κ2) is 8.35. The van der Waals surface area contributed by atoms with Gasteiger partial charge in [0.25, 0.3) is 0 Å². The number of likely N-dealkylation sites (N-methyl/N-ethyl adjacent to an activating group) is 1. The Bertz CT molecular complexity index is 748. The van der Waals surface area contributed by atoms with Gasteiger partial charge in [-0.3, -0.25) is 4.90 Å². The normalized spacial score (nSPS) is 17.3. The minimum absolute atomic E-state index is 0.234. The van der Waals surface area contributed by atoms with E-state index in [-0.39, 0.29) is 12.2 Å². The molecule has 0 N–H and O–H groups in total. The quantitative estimate of drug-likeness (QED) is 0.759. The zero-order valence-electron chi connectivity index (χ0n) is 16.7. The Kier molecular flexibility index (Phi) is 6.38. The third kappa shape index (κ3) is 5.17. The highest BCUT2D eigenvalue weighted by molar-refractivity contribution is 6.09. The summed E-state index contributed by atoms with van der Waals surface area (Å²) < 4.78 is 10.7. The molecule has 146 valence electrons. The number of carbonyl (C=O) groups excluding carboxylic acids is 2. The number of nitrogens with zero attached hydrogens (tertiary/aromatic N) is 3. The Balaban J connectivity index is 2.53. The van der Waals surface area contributed by atoms with E-state index in [0.29, 0.717) is 5.84 Å². The van der Waals surface area contributed by atoms with Gasteiger partial charge in [-0.1, -0.05) is 30.3 Å². The number of carbonyl (C=O) groups is 2. The minimum atomic E-state index is -0.685. The summed E-state index contributed by atoms with van der Waals surface area (Å²) in [7, 11) is 3.62. The smallest absolute Gasteiger partial charge is 0.420 e. The van der Waals surface area contributed by atoms with Crippen molar-refractivity contribution in [2.45, 2.75) is 39.5 Å². The van der Waals surface area contributed by atoms with Crippen LogP contribution in [0.25, 0.3) is 0 Å². The van der Waals surface area contributed by atoms with E-state index in [2.05, 4.69) is 4.99 Å². The first kappa shape index (κ1) is 20.6. The van der Waals surface area contributed by atoms with Gasteiger partial charge in [-0.2, -0.15) is 0 Å². The molecule has 1 heterocycles. The van der Waals surface area contributed by atoms with Gasteiger partial charge in [0.15, 0.2) is 0 Å². The number of ether oxygens (including phenoxy) is 2. The van der Waals surface area contributed by atoms with Gasteiger partial charge >= 0.3 is 12.1 Å². The second-order valence-corrected chi connectivity index (χ2v) is 7.31. The summed E-state index contributed by atoms with van der Waals surface area (Å²) in [5.41, 5.74) is 0.330. The van der Waals surface area contributed by atoms with Crippen LogP contribution in [0.5, 0.6) is 0 Å². The van der Waals surface area contributed by atoms with Crippen LogP contribution >= 0.6 is 0 Å². The minimum Gasteiger partial charge on any atom is -0.462 e. The highest BCUT2D eigenvalue weighted by atomic mass is 16.6. The van der Waals surface area contributed by atoms with Crippen LogP contribution in [-0.4, -0.2) is 60.2 Å². The number of hydrogen-bond donors (Lipinski definition) is 0. The van der Waals surface area contributed by atoms with Gasteiger partial charge in [-0.25, -0.2) is 19.5 Å².